The molecule has 27 nitrogen and oxygen atoms in total. The Kier molecular flexibility index (Phi) is 28.9. The number of aliphatic hydroxyl groups is 1. The second-order valence-corrected chi connectivity index (χ2v) is 17.7. The van der Waals surface area contributed by atoms with Crippen LogP contribution < -0.4 is 77.4 Å². The molecule has 1 fully saturated rings. The molecule has 75 heavy (non-hydrogen) atoms. The molecule has 2 rings (SSSR count). The lowest BCUT2D eigenvalue weighted by Crippen LogP contribution is -2.60. The summed E-state index contributed by atoms with van der Waals surface area (Å²) < 4.78 is 28.4. The predicted octanol–water partition coefficient (Wildman–Crippen LogP) is -5.55. The van der Waals surface area contributed by atoms with Gasteiger partial charge in [-0.2, -0.15) is 0 Å². The molecule has 29 heteroatoms. The van der Waals surface area contributed by atoms with E-state index in [0.29, 0.717) is 32.2 Å². The number of carboxylic acid groups (broad SMARTS) is 1. The van der Waals surface area contributed by atoms with E-state index in [9.17, 15) is 62.1 Å². The molecule has 1 aliphatic heterocycles. The van der Waals surface area contributed by atoms with Gasteiger partial charge in [-0.3, -0.25) is 43.3 Å². The van der Waals surface area contributed by atoms with Crippen LogP contribution in [-0.4, -0.2) is 169 Å². The highest BCUT2D eigenvalue weighted by Crippen LogP contribution is 2.21. The number of nitrogens with two attached hydrogens (primary N) is 7. The van der Waals surface area contributed by atoms with Crippen LogP contribution in [0.4, 0.5) is 8.78 Å². The molecule has 1 heterocycles. The number of amides is 8. The molecule has 1 saturated heterocycles. The number of nitrogens with zero attached hydrogens (tertiary/aromatic N) is 2. The molecule has 0 radical (unpaired) electrons. The third kappa shape index (κ3) is 22.6. The van der Waals surface area contributed by atoms with Crippen molar-refractivity contribution in [2.24, 2.45) is 45.1 Å². The summed E-state index contributed by atoms with van der Waals surface area (Å²) in [4.78, 5) is 125. The molecule has 8 atom stereocenters. The number of rotatable bonds is 34. The van der Waals surface area contributed by atoms with Crippen LogP contribution in [0.3, 0.4) is 0 Å². The second kappa shape index (κ2) is 33.8. The maximum Gasteiger partial charge on any atom is 0.352 e. The summed E-state index contributed by atoms with van der Waals surface area (Å²) in [6.07, 6.45) is 1.79. The van der Waals surface area contributed by atoms with Crippen molar-refractivity contribution in [3.05, 3.63) is 47.2 Å². The van der Waals surface area contributed by atoms with Gasteiger partial charge in [-0.25, -0.2) is 13.6 Å². The van der Waals surface area contributed by atoms with Crippen molar-refractivity contribution >= 4 is 59.2 Å². The van der Waals surface area contributed by atoms with Crippen LogP contribution >= 0.6 is 0 Å². The first kappa shape index (κ1) is 64.2. The summed E-state index contributed by atoms with van der Waals surface area (Å²) in [6.45, 7) is 0.853. The Morgan fingerprint density at radius 1 is 0.773 bits per heavy atom. The van der Waals surface area contributed by atoms with E-state index in [1.807, 2.05) is 0 Å². The third-order valence-corrected chi connectivity index (χ3v) is 11.8. The van der Waals surface area contributed by atoms with Crippen LogP contribution in [0.5, 0.6) is 0 Å². The molecule has 0 saturated carbocycles. The van der Waals surface area contributed by atoms with Gasteiger partial charge in [0, 0.05) is 26.1 Å². The Hall–Kier alpha value is -6.92. The number of nitrogens with one attached hydrogen (secondary N) is 7. The number of hydrogen-bond donors (Lipinski definition) is 16. The molecular weight excluding hydrogens is 991 g/mol. The fourth-order valence-corrected chi connectivity index (χ4v) is 7.62. The summed E-state index contributed by atoms with van der Waals surface area (Å²) in [5, 5.41) is 37.1. The number of aliphatic hydroxyl groups excluding tert-OH is 1. The molecule has 1 aromatic rings. The zero-order chi connectivity index (χ0) is 56.2. The third-order valence-electron chi connectivity index (χ3n) is 11.8. The highest BCUT2D eigenvalue weighted by Gasteiger charge is 2.40. The van der Waals surface area contributed by atoms with E-state index in [0.717, 1.165) is 18.2 Å². The fraction of sp³-hybridized carbons (Fsp3) is 0.609. The van der Waals surface area contributed by atoms with E-state index in [2.05, 4.69) is 42.2 Å². The molecular formula is C46H76F2N16O11. The number of unbranched alkanes of at least 4 members (excludes halogenated alkanes) is 2. The van der Waals surface area contributed by atoms with Crippen molar-refractivity contribution in [3.8, 4) is 0 Å². The number of carbonyl (C=O) groups is 9. The van der Waals surface area contributed by atoms with Crippen molar-refractivity contribution in [1.82, 2.24) is 42.1 Å². The van der Waals surface area contributed by atoms with Crippen LogP contribution in [0.1, 0.15) is 83.1 Å². The molecule has 8 amide bonds. The number of guanidine groups is 1. The lowest BCUT2D eigenvalue weighted by atomic mass is 10.0. The molecule has 0 spiro atoms. The fourth-order valence-electron chi connectivity index (χ4n) is 7.62. The number of aliphatic imine (C=N–C) groups is 1. The summed E-state index contributed by atoms with van der Waals surface area (Å²) >= 11 is 0. The van der Waals surface area contributed by atoms with Gasteiger partial charge in [-0.05, 0) is 108 Å². The quantitative estimate of drug-likeness (QED) is 0.0132. The normalized spacial score (nSPS) is 16.1. The number of carbonyl (C=O) groups excluding carboxylic acids is 8. The summed E-state index contributed by atoms with van der Waals surface area (Å²) in [5.74, 6) is -11.1. The van der Waals surface area contributed by atoms with Crippen LogP contribution in [-0.2, 0) is 49.6 Å². The molecule has 23 N–H and O–H groups in total. The van der Waals surface area contributed by atoms with Gasteiger partial charge in [-0.1, -0.05) is 18.6 Å². The van der Waals surface area contributed by atoms with Gasteiger partial charge >= 0.3 is 5.97 Å². The molecule has 1 aliphatic rings. The minimum atomic E-state index is -1.59. The van der Waals surface area contributed by atoms with Crippen molar-refractivity contribution in [2.45, 2.75) is 132 Å². The van der Waals surface area contributed by atoms with E-state index in [4.69, 9.17) is 40.1 Å². The number of halogens is 2. The number of aliphatic carboxylic acids is 1. The zero-order valence-corrected chi connectivity index (χ0v) is 42.1. The zero-order valence-electron chi connectivity index (χ0n) is 42.1. The van der Waals surface area contributed by atoms with E-state index >= 15 is 0 Å². The molecule has 420 valence electrons. The van der Waals surface area contributed by atoms with Gasteiger partial charge < -0.3 is 92.5 Å². The lowest BCUT2D eigenvalue weighted by molar-refractivity contribution is -0.142. The van der Waals surface area contributed by atoms with Crippen molar-refractivity contribution < 1.29 is 62.1 Å². The van der Waals surface area contributed by atoms with Gasteiger partial charge in [0.2, 0.25) is 47.3 Å². The first-order valence-electron chi connectivity index (χ1n) is 24.6. The van der Waals surface area contributed by atoms with Crippen LogP contribution in [0, 0.1) is 11.6 Å². The smallest absolute Gasteiger partial charge is 0.352 e. The van der Waals surface area contributed by atoms with Gasteiger partial charge in [-0.15, -0.1) is 0 Å². The van der Waals surface area contributed by atoms with E-state index in [1.165, 1.54) is 17.9 Å². The highest BCUT2D eigenvalue weighted by atomic mass is 19.2. The van der Waals surface area contributed by atoms with Crippen molar-refractivity contribution in [1.29, 1.82) is 0 Å². The predicted molar refractivity (Wildman–Crippen MR) is 269 cm³/mol. The number of carboxylic acids is 1. The lowest BCUT2D eigenvalue weighted by Gasteiger charge is -2.30. The Labute approximate surface area is 433 Å². The Morgan fingerprint density at radius 2 is 1.43 bits per heavy atom. The Morgan fingerprint density at radius 3 is 2.04 bits per heavy atom. The Bertz CT molecular complexity index is 2170. The van der Waals surface area contributed by atoms with Gasteiger partial charge in [0.1, 0.15) is 41.9 Å². The molecule has 0 unspecified atom stereocenters. The topological polar surface area (TPSA) is 476 Å². The van der Waals surface area contributed by atoms with Crippen LogP contribution in [0.25, 0.3) is 0 Å². The average Bonchev–Trinajstić information content (AvgIpc) is 3.87. The number of likely N-dealkylation sites (tertiary alicyclic amines) is 1. The number of benzene rings is 1. The molecule has 0 aliphatic carbocycles. The van der Waals surface area contributed by atoms with E-state index < -0.39 is 138 Å². The molecule has 0 aromatic heterocycles. The standard InChI is InChI=1S/C46H76F2N16O11/c1-25(58-43(72)37(35(65)23-52)63-39(68)29(53)9-2-4-16-49)38(67)57-24-36(66)59-31(11-6-18-51)44(73)64-20-8-13-34(64)42(71)62-33(22-26-14-15-27(47)28(48)21-26)41(70)60-30(10-3-5-17-50)40(69)61-32(45(74)75)12-7-19-56-46(54)55/h12,14-15,21,25,29-31,33-35,37,65H,2-11,13,16-20,22-24,49-53H2,1H3,(H,57,67)(H,58,72)(H,59,66)(H,60,70)(H,61,69)(H,62,71)(H,63,68)(H,74,75)(H4,54,55,56)/b32-12-/t25-,29-,30-,31+,33-,34-,35-,37-/m0/s1. The summed E-state index contributed by atoms with van der Waals surface area (Å²) in [7, 11) is 0. The first-order valence-corrected chi connectivity index (χ1v) is 24.6. The van der Waals surface area contributed by atoms with Crippen molar-refractivity contribution in [2.75, 3.05) is 45.8 Å². The van der Waals surface area contributed by atoms with E-state index in [1.54, 1.807) is 0 Å². The molecule has 1 aromatic carbocycles. The number of hydrogen-bond acceptors (Lipinski definition) is 16. The van der Waals surface area contributed by atoms with E-state index in [-0.39, 0.29) is 82.6 Å². The highest BCUT2D eigenvalue weighted by molar-refractivity contribution is 5.99. The first-order chi connectivity index (χ1) is 35.6. The largest absolute Gasteiger partial charge is 0.477 e. The maximum absolute atomic E-state index is 14.4. The average molecular weight is 1070 g/mol. The van der Waals surface area contributed by atoms with Gasteiger partial charge in [0.15, 0.2) is 17.6 Å². The van der Waals surface area contributed by atoms with Gasteiger partial charge in [0.25, 0.3) is 0 Å². The Balaban J connectivity index is 2.28. The summed E-state index contributed by atoms with van der Waals surface area (Å²) in [5.41, 5.74) is 38.5. The van der Waals surface area contributed by atoms with Crippen molar-refractivity contribution in [3.63, 3.8) is 0 Å². The SMILES string of the molecule is C[C@H](NC(=O)[C@@H](NC(=O)[C@@H](N)CCCCN)[C@@H](O)CN)C(=O)NCC(=O)N[C@H](CCCN)C(=O)N1CCC[C@H]1C(=O)N[C@@H](Cc1ccc(F)c(F)c1)C(=O)N[C@@H](CCCCN)C(=O)N/C(=C\CCN=C(N)N)C(=O)O. The minimum absolute atomic E-state index is 0.00280. The second-order valence-electron chi connectivity index (χ2n) is 17.7. The minimum Gasteiger partial charge on any atom is -0.477 e. The monoisotopic (exact) mass is 1070 g/mol. The van der Waals surface area contributed by atoms with Crippen LogP contribution in [0.15, 0.2) is 35.0 Å². The maximum atomic E-state index is 14.4. The molecule has 0 bridgehead atoms. The van der Waals surface area contributed by atoms with Crippen LogP contribution in [0.2, 0.25) is 0 Å². The van der Waals surface area contributed by atoms with Gasteiger partial charge in [0.05, 0.1) is 18.7 Å². The summed E-state index contributed by atoms with van der Waals surface area (Å²) in [6, 6.07) is -6.64.